The van der Waals surface area contributed by atoms with Gasteiger partial charge in [0.05, 0.1) is 18.4 Å². The van der Waals surface area contributed by atoms with Crippen LogP contribution >= 0.6 is 0 Å². The van der Waals surface area contributed by atoms with E-state index in [2.05, 4.69) is 5.16 Å². The SMILES string of the molecule is CC1(C)OC[C@H](ON=Cc2cccc(OC=C3C=CC4=C(C3)CC3C(=O)OCC3=C4c3ccccc3F)c2)O1. The highest BCUT2D eigenvalue weighted by atomic mass is 19.1. The van der Waals surface area contributed by atoms with Crippen LogP contribution in [-0.2, 0) is 23.8 Å². The van der Waals surface area contributed by atoms with Crippen molar-refractivity contribution in [2.24, 2.45) is 11.1 Å². The van der Waals surface area contributed by atoms with Crippen molar-refractivity contribution in [3.8, 4) is 5.75 Å². The van der Waals surface area contributed by atoms with Gasteiger partial charge in [0.15, 0.2) is 5.79 Å². The Morgan fingerprint density at radius 2 is 2.00 bits per heavy atom. The quantitative estimate of drug-likeness (QED) is 0.203. The lowest BCUT2D eigenvalue weighted by atomic mass is 9.74. The standard InChI is InChI=1S/C31H28FNO6/c1-31(2)37-18-28(38-31)39-33-15-19-6-5-7-22(13-19)35-16-20-10-11-23-21(12-20)14-25-26(17-36-30(25)34)29(23)24-8-3-4-9-27(24)32/h3-11,13,15-16,25,28H,12,14,17-18H2,1-2H3/t25?,28-/m0/s1. The first kappa shape index (κ1) is 25.3. The Balaban J connectivity index is 1.16. The first-order chi connectivity index (χ1) is 18.9. The molecule has 2 aromatic rings. The van der Waals surface area contributed by atoms with E-state index in [1.807, 2.05) is 56.3 Å². The van der Waals surface area contributed by atoms with Gasteiger partial charge in [-0.05, 0) is 72.7 Å². The smallest absolute Gasteiger partial charge is 0.313 e. The summed E-state index contributed by atoms with van der Waals surface area (Å²) in [7, 11) is 0. The number of halogens is 1. The van der Waals surface area contributed by atoms with Gasteiger partial charge < -0.3 is 23.8 Å². The van der Waals surface area contributed by atoms with Crippen LogP contribution in [0.1, 0.15) is 37.8 Å². The first-order valence-electron chi connectivity index (χ1n) is 12.9. The lowest BCUT2D eigenvalue weighted by Gasteiger charge is -2.28. The Hall–Kier alpha value is -4.01. The van der Waals surface area contributed by atoms with E-state index in [-0.39, 0.29) is 24.3 Å². The van der Waals surface area contributed by atoms with E-state index in [4.69, 9.17) is 23.8 Å². The Kier molecular flexibility index (Phi) is 6.66. The maximum atomic E-state index is 14.8. The molecule has 2 aliphatic heterocycles. The van der Waals surface area contributed by atoms with E-state index < -0.39 is 12.1 Å². The van der Waals surface area contributed by atoms with E-state index in [0.29, 0.717) is 30.8 Å². The number of esters is 1. The molecule has 39 heavy (non-hydrogen) atoms. The van der Waals surface area contributed by atoms with Gasteiger partial charge in [-0.1, -0.05) is 53.2 Å². The molecule has 200 valence electrons. The summed E-state index contributed by atoms with van der Waals surface area (Å²) in [6.45, 7) is 4.16. The van der Waals surface area contributed by atoms with Crippen LogP contribution in [0.2, 0.25) is 0 Å². The van der Waals surface area contributed by atoms with Crippen molar-refractivity contribution in [3.63, 3.8) is 0 Å². The number of benzene rings is 2. The third kappa shape index (κ3) is 5.30. The summed E-state index contributed by atoms with van der Waals surface area (Å²) in [5, 5.41) is 4.01. The molecule has 2 heterocycles. The summed E-state index contributed by atoms with van der Waals surface area (Å²) in [6.07, 6.45) is 7.85. The Morgan fingerprint density at radius 1 is 1.13 bits per heavy atom. The lowest BCUT2D eigenvalue weighted by molar-refractivity contribution is -0.190. The molecule has 0 amide bonds. The number of rotatable bonds is 6. The van der Waals surface area contributed by atoms with Gasteiger partial charge in [0, 0.05) is 5.56 Å². The van der Waals surface area contributed by atoms with Crippen molar-refractivity contribution in [1.82, 2.24) is 0 Å². The lowest BCUT2D eigenvalue weighted by Crippen LogP contribution is -2.21. The van der Waals surface area contributed by atoms with Crippen LogP contribution in [-0.4, -0.2) is 37.5 Å². The Bertz CT molecular complexity index is 1470. The monoisotopic (exact) mass is 529 g/mol. The largest absolute Gasteiger partial charge is 0.465 e. The molecule has 4 aliphatic rings. The number of hydrogen-bond acceptors (Lipinski definition) is 7. The molecule has 2 saturated heterocycles. The van der Waals surface area contributed by atoms with Crippen LogP contribution in [0.25, 0.3) is 5.57 Å². The highest BCUT2D eigenvalue weighted by Crippen LogP contribution is 2.47. The number of oxime groups is 1. The molecule has 0 radical (unpaired) electrons. The zero-order valence-corrected chi connectivity index (χ0v) is 21.7. The number of nitrogens with zero attached hydrogens (tertiary/aromatic N) is 1. The minimum Gasteiger partial charge on any atom is -0.465 e. The van der Waals surface area contributed by atoms with E-state index >= 15 is 0 Å². The molecule has 0 spiro atoms. The molecule has 8 heteroatoms. The van der Waals surface area contributed by atoms with Crippen molar-refractivity contribution < 1.29 is 33.0 Å². The molecule has 7 nitrogen and oxygen atoms in total. The third-order valence-electron chi connectivity index (χ3n) is 7.09. The number of carbonyl (C=O) groups is 1. The Labute approximate surface area is 225 Å². The van der Waals surface area contributed by atoms with E-state index in [0.717, 1.165) is 33.4 Å². The van der Waals surface area contributed by atoms with Crippen molar-refractivity contribution >= 4 is 17.8 Å². The predicted molar refractivity (Wildman–Crippen MR) is 142 cm³/mol. The number of carbonyl (C=O) groups excluding carboxylic acids is 1. The van der Waals surface area contributed by atoms with E-state index in [9.17, 15) is 9.18 Å². The molecule has 0 aromatic heterocycles. The topological polar surface area (TPSA) is 75.6 Å². The van der Waals surface area contributed by atoms with Crippen molar-refractivity contribution in [2.45, 2.75) is 38.8 Å². The molecule has 0 bridgehead atoms. The van der Waals surface area contributed by atoms with Gasteiger partial charge in [0.25, 0.3) is 6.29 Å². The van der Waals surface area contributed by atoms with Gasteiger partial charge in [0.2, 0.25) is 0 Å². The molecule has 2 atom stereocenters. The summed E-state index contributed by atoms with van der Waals surface area (Å²) in [5.41, 5.74) is 5.89. The molecule has 6 rings (SSSR count). The van der Waals surface area contributed by atoms with Gasteiger partial charge in [-0.25, -0.2) is 4.39 Å². The molecular formula is C31H28FNO6. The van der Waals surface area contributed by atoms with E-state index in [1.165, 1.54) is 6.07 Å². The first-order valence-corrected chi connectivity index (χ1v) is 12.9. The Morgan fingerprint density at radius 3 is 2.82 bits per heavy atom. The summed E-state index contributed by atoms with van der Waals surface area (Å²) < 4.78 is 37.2. The second-order valence-electron chi connectivity index (χ2n) is 10.3. The summed E-state index contributed by atoms with van der Waals surface area (Å²) in [4.78, 5) is 17.9. The highest BCUT2D eigenvalue weighted by molar-refractivity contribution is 5.94. The number of hydrogen-bond donors (Lipinski definition) is 0. The maximum absolute atomic E-state index is 14.8. The minimum atomic E-state index is -0.679. The van der Waals surface area contributed by atoms with Crippen LogP contribution in [0.5, 0.6) is 5.75 Å². The fourth-order valence-electron chi connectivity index (χ4n) is 5.25. The number of allylic oxidation sites excluding steroid dienone is 6. The van der Waals surface area contributed by atoms with Gasteiger partial charge in [-0.2, -0.15) is 0 Å². The second kappa shape index (κ2) is 10.3. The van der Waals surface area contributed by atoms with Gasteiger partial charge in [-0.3, -0.25) is 4.79 Å². The molecule has 2 fully saturated rings. The summed E-state index contributed by atoms with van der Waals surface area (Å²) in [6, 6.07) is 14.1. The van der Waals surface area contributed by atoms with Crippen LogP contribution in [0.15, 0.2) is 94.4 Å². The molecule has 2 aliphatic carbocycles. The number of ether oxygens (including phenoxy) is 4. The summed E-state index contributed by atoms with van der Waals surface area (Å²) in [5.74, 6) is -0.982. The van der Waals surface area contributed by atoms with Crippen LogP contribution in [0.4, 0.5) is 4.39 Å². The third-order valence-corrected chi connectivity index (χ3v) is 7.09. The fourth-order valence-corrected chi connectivity index (χ4v) is 5.25. The second-order valence-corrected chi connectivity index (χ2v) is 10.3. The van der Waals surface area contributed by atoms with Crippen molar-refractivity contribution in [2.75, 3.05) is 13.2 Å². The van der Waals surface area contributed by atoms with Gasteiger partial charge in [0.1, 0.15) is 24.8 Å². The molecule has 1 unspecified atom stereocenters. The van der Waals surface area contributed by atoms with Crippen LogP contribution in [0.3, 0.4) is 0 Å². The average Bonchev–Trinajstić information content (AvgIpc) is 3.47. The molecular weight excluding hydrogens is 501 g/mol. The zero-order valence-electron chi connectivity index (χ0n) is 21.7. The van der Waals surface area contributed by atoms with E-state index in [1.54, 1.807) is 24.6 Å². The summed E-state index contributed by atoms with van der Waals surface area (Å²) >= 11 is 0. The fraction of sp³-hybridized carbons (Fsp3) is 0.290. The van der Waals surface area contributed by atoms with Gasteiger partial charge >= 0.3 is 5.97 Å². The molecule has 0 N–H and O–H groups in total. The average molecular weight is 530 g/mol. The number of cyclic esters (lactones) is 1. The van der Waals surface area contributed by atoms with Gasteiger partial charge in [-0.15, -0.1) is 0 Å². The van der Waals surface area contributed by atoms with Crippen molar-refractivity contribution in [3.05, 3.63) is 106 Å². The van der Waals surface area contributed by atoms with Crippen LogP contribution in [0, 0.1) is 11.7 Å². The molecule has 0 saturated carbocycles. The normalized spacial score (nSPS) is 24.8. The predicted octanol–water partition coefficient (Wildman–Crippen LogP) is 5.83. The zero-order chi connectivity index (χ0) is 27.0. The minimum absolute atomic E-state index is 0.202. The number of fused-ring (bicyclic) bond motifs is 1. The highest BCUT2D eigenvalue weighted by Gasteiger charge is 2.40. The van der Waals surface area contributed by atoms with Crippen molar-refractivity contribution in [1.29, 1.82) is 0 Å². The van der Waals surface area contributed by atoms with Crippen LogP contribution < -0.4 is 4.74 Å². The maximum Gasteiger partial charge on any atom is 0.313 e. The molecule has 2 aromatic carbocycles.